The molecule has 1 aliphatic rings. The lowest BCUT2D eigenvalue weighted by atomic mass is 9.92. The summed E-state index contributed by atoms with van der Waals surface area (Å²) < 4.78 is 1.86. The summed E-state index contributed by atoms with van der Waals surface area (Å²) in [6.07, 6.45) is 9.12. The number of hydrogen-bond donors (Lipinski definition) is 2. The molecule has 4 rings (SSSR count). The molecule has 2 atom stereocenters. The fourth-order valence-corrected chi connectivity index (χ4v) is 4.24. The van der Waals surface area contributed by atoms with Crippen molar-refractivity contribution in [1.82, 2.24) is 25.1 Å². The number of pyridine rings is 2. The molecule has 1 saturated carbocycles. The molecule has 0 radical (unpaired) electrons. The quantitative estimate of drug-likeness (QED) is 0.589. The van der Waals surface area contributed by atoms with E-state index in [1.165, 1.54) is 0 Å². The van der Waals surface area contributed by atoms with Gasteiger partial charge in [-0.2, -0.15) is 5.10 Å². The van der Waals surface area contributed by atoms with Crippen molar-refractivity contribution in [3.63, 3.8) is 0 Å². The van der Waals surface area contributed by atoms with E-state index in [0.717, 1.165) is 48.2 Å². The first kappa shape index (κ1) is 22.4. The first-order valence-electron chi connectivity index (χ1n) is 11.1. The second kappa shape index (κ2) is 9.79. The summed E-state index contributed by atoms with van der Waals surface area (Å²) in [5, 5.41) is 17.9. The standard InChI is InChI=1S/C24H28ClN5O2/c1-3-30-14-18(13-27-30)19-9-8-16(12-26-19)10-17-11-21(28-15(2)23(17)25)24(32)29-20-6-4-5-7-22(20)31/h8-9,11-14,20,22,31H,3-7,10H2,1-2H3,(H,29,32)/t20-,22-/m0/s1. The van der Waals surface area contributed by atoms with Gasteiger partial charge in [-0.15, -0.1) is 0 Å². The Morgan fingerprint density at radius 3 is 2.78 bits per heavy atom. The van der Waals surface area contributed by atoms with Gasteiger partial charge in [-0.1, -0.05) is 30.5 Å². The van der Waals surface area contributed by atoms with Gasteiger partial charge in [0.2, 0.25) is 0 Å². The van der Waals surface area contributed by atoms with E-state index >= 15 is 0 Å². The van der Waals surface area contributed by atoms with E-state index in [9.17, 15) is 9.90 Å². The molecule has 1 amide bonds. The van der Waals surface area contributed by atoms with Gasteiger partial charge in [0, 0.05) is 30.9 Å². The third-order valence-electron chi connectivity index (χ3n) is 5.95. The predicted octanol–water partition coefficient (Wildman–Crippen LogP) is 3.95. The Morgan fingerprint density at radius 2 is 2.09 bits per heavy atom. The molecule has 0 aromatic carbocycles. The van der Waals surface area contributed by atoms with E-state index in [4.69, 9.17) is 11.6 Å². The predicted molar refractivity (Wildman–Crippen MR) is 124 cm³/mol. The van der Waals surface area contributed by atoms with Gasteiger partial charge >= 0.3 is 0 Å². The Morgan fingerprint density at radius 1 is 1.28 bits per heavy atom. The van der Waals surface area contributed by atoms with Gasteiger partial charge in [0.05, 0.1) is 34.8 Å². The van der Waals surface area contributed by atoms with Crippen molar-refractivity contribution in [3.05, 3.63) is 64.3 Å². The van der Waals surface area contributed by atoms with E-state index in [-0.39, 0.29) is 11.9 Å². The number of aliphatic hydroxyl groups excluding tert-OH is 1. The Kier molecular flexibility index (Phi) is 6.86. The number of halogens is 1. The van der Waals surface area contributed by atoms with Gasteiger partial charge in [-0.25, -0.2) is 4.98 Å². The maximum atomic E-state index is 12.8. The Balaban J connectivity index is 1.50. The summed E-state index contributed by atoms with van der Waals surface area (Å²) in [4.78, 5) is 21.8. The van der Waals surface area contributed by atoms with Crippen LogP contribution in [0.25, 0.3) is 11.3 Å². The molecule has 7 nitrogen and oxygen atoms in total. The van der Waals surface area contributed by atoms with Crippen molar-refractivity contribution < 1.29 is 9.90 Å². The molecule has 0 saturated heterocycles. The number of hydrogen-bond acceptors (Lipinski definition) is 5. The Hall–Kier alpha value is -2.77. The second-order valence-corrected chi connectivity index (χ2v) is 8.69. The van der Waals surface area contributed by atoms with Crippen LogP contribution in [0.3, 0.4) is 0 Å². The fourth-order valence-electron chi connectivity index (χ4n) is 4.08. The van der Waals surface area contributed by atoms with E-state index in [1.54, 1.807) is 13.0 Å². The third kappa shape index (κ3) is 5.00. The van der Waals surface area contributed by atoms with Crippen LogP contribution < -0.4 is 5.32 Å². The number of aliphatic hydroxyl groups is 1. The van der Waals surface area contributed by atoms with Crippen LogP contribution in [0.5, 0.6) is 0 Å². The van der Waals surface area contributed by atoms with Gasteiger partial charge in [0.15, 0.2) is 0 Å². The summed E-state index contributed by atoms with van der Waals surface area (Å²) in [5.41, 5.74) is 4.56. The van der Waals surface area contributed by atoms with Gasteiger partial charge in [-0.3, -0.25) is 14.5 Å². The zero-order chi connectivity index (χ0) is 22.7. The number of carbonyl (C=O) groups is 1. The molecule has 32 heavy (non-hydrogen) atoms. The van der Waals surface area contributed by atoms with E-state index in [2.05, 4.69) is 20.4 Å². The highest BCUT2D eigenvalue weighted by Gasteiger charge is 2.25. The summed E-state index contributed by atoms with van der Waals surface area (Å²) in [6, 6.07) is 5.48. The number of nitrogens with zero attached hydrogens (tertiary/aromatic N) is 4. The largest absolute Gasteiger partial charge is 0.391 e. The van der Waals surface area contributed by atoms with Crippen molar-refractivity contribution in [2.45, 2.75) is 64.6 Å². The van der Waals surface area contributed by atoms with Crippen molar-refractivity contribution in [2.24, 2.45) is 0 Å². The van der Waals surface area contributed by atoms with Crippen molar-refractivity contribution >= 4 is 17.5 Å². The molecule has 3 aromatic heterocycles. The number of aryl methyl sites for hydroxylation is 2. The van der Waals surface area contributed by atoms with E-state index < -0.39 is 6.10 Å². The third-order valence-corrected chi connectivity index (χ3v) is 6.47. The van der Waals surface area contributed by atoms with Gasteiger partial charge in [0.1, 0.15) is 5.69 Å². The molecule has 8 heteroatoms. The van der Waals surface area contributed by atoms with Gasteiger partial charge in [-0.05, 0) is 49.9 Å². The van der Waals surface area contributed by atoms with Crippen LogP contribution in [0.4, 0.5) is 0 Å². The number of carbonyl (C=O) groups excluding carboxylic acids is 1. The van der Waals surface area contributed by atoms with E-state index in [1.807, 2.05) is 42.3 Å². The molecule has 0 bridgehead atoms. The summed E-state index contributed by atoms with van der Waals surface area (Å²) in [5.74, 6) is -0.279. The maximum Gasteiger partial charge on any atom is 0.270 e. The zero-order valence-corrected chi connectivity index (χ0v) is 19.1. The lowest BCUT2D eigenvalue weighted by Crippen LogP contribution is -2.45. The average Bonchev–Trinajstić information content (AvgIpc) is 3.28. The van der Waals surface area contributed by atoms with E-state index in [0.29, 0.717) is 29.3 Å². The summed E-state index contributed by atoms with van der Waals surface area (Å²) in [6.45, 7) is 4.65. The van der Waals surface area contributed by atoms with Crippen LogP contribution in [-0.4, -0.2) is 42.9 Å². The summed E-state index contributed by atoms with van der Waals surface area (Å²) >= 11 is 6.52. The van der Waals surface area contributed by atoms with Crippen LogP contribution in [0.1, 0.15) is 59.9 Å². The van der Waals surface area contributed by atoms with Crippen molar-refractivity contribution in [2.75, 3.05) is 0 Å². The SMILES string of the molecule is CCn1cc(-c2ccc(Cc3cc(C(=O)N[C@H]4CCCC[C@@H]4O)nc(C)c3Cl)cn2)cn1. The Bertz CT molecular complexity index is 1100. The highest BCUT2D eigenvalue weighted by atomic mass is 35.5. The second-order valence-electron chi connectivity index (χ2n) is 8.31. The van der Waals surface area contributed by atoms with Crippen LogP contribution in [0, 0.1) is 6.92 Å². The van der Waals surface area contributed by atoms with Crippen LogP contribution in [0.15, 0.2) is 36.8 Å². The van der Waals surface area contributed by atoms with Crippen LogP contribution in [-0.2, 0) is 13.0 Å². The fraction of sp³-hybridized carbons (Fsp3) is 0.417. The first-order chi connectivity index (χ1) is 15.4. The molecule has 0 spiro atoms. The first-order valence-corrected chi connectivity index (χ1v) is 11.4. The smallest absolute Gasteiger partial charge is 0.270 e. The minimum absolute atomic E-state index is 0.230. The minimum atomic E-state index is -0.505. The highest BCUT2D eigenvalue weighted by molar-refractivity contribution is 6.32. The topological polar surface area (TPSA) is 92.9 Å². The normalized spacial score (nSPS) is 18.5. The lowest BCUT2D eigenvalue weighted by molar-refractivity contribution is 0.0713. The summed E-state index contributed by atoms with van der Waals surface area (Å²) in [7, 11) is 0. The molecule has 2 N–H and O–H groups in total. The monoisotopic (exact) mass is 453 g/mol. The van der Waals surface area contributed by atoms with Crippen LogP contribution in [0.2, 0.25) is 5.02 Å². The van der Waals surface area contributed by atoms with Crippen molar-refractivity contribution in [1.29, 1.82) is 0 Å². The number of nitrogens with one attached hydrogen (secondary N) is 1. The molecule has 1 aliphatic carbocycles. The lowest BCUT2D eigenvalue weighted by Gasteiger charge is -2.28. The molecule has 3 heterocycles. The number of rotatable bonds is 6. The van der Waals surface area contributed by atoms with Gasteiger partial charge in [0.25, 0.3) is 5.91 Å². The number of amides is 1. The molecular formula is C24H28ClN5O2. The molecule has 0 aliphatic heterocycles. The maximum absolute atomic E-state index is 12.8. The molecular weight excluding hydrogens is 426 g/mol. The average molecular weight is 454 g/mol. The van der Waals surface area contributed by atoms with Crippen molar-refractivity contribution in [3.8, 4) is 11.3 Å². The molecule has 1 fully saturated rings. The van der Waals surface area contributed by atoms with Gasteiger partial charge < -0.3 is 10.4 Å². The highest BCUT2D eigenvalue weighted by Crippen LogP contribution is 2.25. The zero-order valence-electron chi connectivity index (χ0n) is 18.4. The minimum Gasteiger partial charge on any atom is -0.391 e. The molecule has 0 unspecified atom stereocenters. The molecule has 3 aromatic rings. The van der Waals surface area contributed by atoms with Crippen LogP contribution >= 0.6 is 11.6 Å². The Labute approximate surface area is 192 Å². The molecule has 168 valence electrons. The number of aromatic nitrogens is 4.